The first kappa shape index (κ1) is 14.5. The maximum atomic E-state index is 13.1. The monoisotopic (exact) mass is 292 g/mol. The number of benzene rings is 3. The maximum absolute atomic E-state index is 13.1. The van der Waals surface area contributed by atoms with Crippen LogP contribution in [0.2, 0.25) is 0 Å². The number of aliphatic hydroxyl groups is 1. The Labute approximate surface area is 129 Å². The van der Waals surface area contributed by atoms with Crippen LogP contribution in [0.15, 0.2) is 84.9 Å². The third kappa shape index (κ3) is 2.92. The molecule has 0 unspecified atom stereocenters. The first-order chi connectivity index (χ1) is 10.7. The second kappa shape index (κ2) is 6.12. The Morgan fingerprint density at radius 3 is 1.59 bits per heavy atom. The summed E-state index contributed by atoms with van der Waals surface area (Å²) in [7, 11) is 0. The van der Waals surface area contributed by atoms with E-state index in [1.54, 1.807) is 12.1 Å². The molecule has 0 aliphatic carbocycles. The van der Waals surface area contributed by atoms with Crippen LogP contribution in [-0.2, 0) is 12.0 Å². The molecule has 0 aromatic heterocycles. The average molecular weight is 292 g/mol. The molecule has 0 fully saturated rings. The van der Waals surface area contributed by atoms with Gasteiger partial charge in [-0.15, -0.1) is 0 Å². The summed E-state index contributed by atoms with van der Waals surface area (Å²) in [6.07, 6.45) is 0.390. The van der Waals surface area contributed by atoms with Gasteiger partial charge in [-0.25, -0.2) is 4.39 Å². The lowest BCUT2D eigenvalue weighted by Crippen LogP contribution is -2.30. The second-order valence-electron chi connectivity index (χ2n) is 5.40. The van der Waals surface area contributed by atoms with E-state index in [0.29, 0.717) is 6.42 Å². The van der Waals surface area contributed by atoms with Crippen LogP contribution in [0, 0.1) is 5.82 Å². The zero-order chi connectivity index (χ0) is 15.4. The lowest BCUT2D eigenvalue weighted by molar-refractivity contribution is 0.0811. The SMILES string of the molecule is OC(Cc1ccc(F)cc1)(c1ccccc1)c1ccccc1. The molecule has 110 valence electrons. The maximum Gasteiger partial charge on any atom is 0.123 e. The second-order valence-corrected chi connectivity index (χ2v) is 5.40. The lowest BCUT2D eigenvalue weighted by Gasteiger charge is -2.29. The van der Waals surface area contributed by atoms with Crippen LogP contribution in [0.3, 0.4) is 0 Å². The first-order valence-electron chi connectivity index (χ1n) is 7.26. The summed E-state index contributed by atoms with van der Waals surface area (Å²) in [4.78, 5) is 0. The predicted molar refractivity (Wildman–Crippen MR) is 86.0 cm³/mol. The molecule has 2 heteroatoms. The summed E-state index contributed by atoms with van der Waals surface area (Å²) in [6, 6.07) is 25.4. The van der Waals surface area contributed by atoms with Gasteiger partial charge in [0.15, 0.2) is 0 Å². The van der Waals surface area contributed by atoms with Crippen LogP contribution < -0.4 is 0 Å². The molecule has 3 aromatic rings. The Morgan fingerprint density at radius 1 is 0.682 bits per heavy atom. The average Bonchev–Trinajstić information content (AvgIpc) is 2.58. The van der Waals surface area contributed by atoms with Gasteiger partial charge in [-0.3, -0.25) is 0 Å². The van der Waals surface area contributed by atoms with Gasteiger partial charge in [-0.05, 0) is 28.8 Å². The molecule has 1 N–H and O–H groups in total. The summed E-state index contributed by atoms with van der Waals surface area (Å²) < 4.78 is 13.1. The molecule has 1 nitrogen and oxygen atoms in total. The topological polar surface area (TPSA) is 20.2 Å². The van der Waals surface area contributed by atoms with Gasteiger partial charge >= 0.3 is 0 Å². The molecule has 0 saturated heterocycles. The Hall–Kier alpha value is -2.45. The van der Waals surface area contributed by atoms with Gasteiger partial charge in [-0.2, -0.15) is 0 Å². The van der Waals surface area contributed by atoms with Crippen molar-refractivity contribution in [2.45, 2.75) is 12.0 Å². The zero-order valence-electron chi connectivity index (χ0n) is 12.1. The fourth-order valence-electron chi connectivity index (χ4n) is 2.70. The summed E-state index contributed by atoms with van der Waals surface area (Å²) in [5, 5.41) is 11.4. The molecule has 3 rings (SSSR count). The highest BCUT2D eigenvalue weighted by atomic mass is 19.1. The summed E-state index contributed by atoms with van der Waals surface area (Å²) in [5.41, 5.74) is 1.40. The van der Waals surface area contributed by atoms with Crippen molar-refractivity contribution in [2.75, 3.05) is 0 Å². The van der Waals surface area contributed by atoms with Crippen molar-refractivity contribution in [3.63, 3.8) is 0 Å². The molecule has 0 aliphatic heterocycles. The van der Waals surface area contributed by atoms with E-state index in [2.05, 4.69) is 0 Å². The van der Waals surface area contributed by atoms with Gasteiger partial charge in [0.1, 0.15) is 11.4 Å². The molecule has 0 atom stereocenters. The predicted octanol–water partition coefficient (Wildman–Crippen LogP) is 4.30. The lowest BCUT2D eigenvalue weighted by atomic mass is 9.81. The van der Waals surface area contributed by atoms with Crippen molar-refractivity contribution >= 4 is 0 Å². The minimum absolute atomic E-state index is 0.272. The van der Waals surface area contributed by atoms with E-state index in [1.165, 1.54) is 12.1 Å². The van der Waals surface area contributed by atoms with Crippen LogP contribution in [0.4, 0.5) is 4.39 Å². The Balaban J connectivity index is 2.05. The van der Waals surface area contributed by atoms with Crippen molar-refractivity contribution in [1.29, 1.82) is 0 Å². The molecular formula is C20H17FO. The summed E-state index contributed by atoms with van der Waals surface area (Å²) >= 11 is 0. The van der Waals surface area contributed by atoms with Gasteiger partial charge in [0, 0.05) is 6.42 Å². The van der Waals surface area contributed by atoms with Gasteiger partial charge in [-0.1, -0.05) is 72.8 Å². The fraction of sp³-hybridized carbons (Fsp3) is 0.100. The van der Waals surface area contributed by atoms with E-state index in [-0.39, 0.29) is 5.82 Å². The highest BCUT2D eigenvalue weighted by Gasteiger charge is 2.31. The van der Waals surface area contributed by atoms with E-state index < -0.39 is 5.60 Å². The minimum Gasteiger partial charge on any atom is -0.380 e. The molecular weight excluding hydrogens is 275 g/mol. The third-order valence-corrected chi connectivity index (χ3v) is 3.88. The molecule has 0 saturated carbocycles. The largest absolute Gasteiger partial charge is 0.380 e. The van der Waals surface area contributed by atoms with Crippen LogP contribution >= 0.6 is 0 Å². The van der Waals surface area contributed by atoms with Gasteiger partial charge in [0.25, 0.3) is 0 Å². The van der Waals surface area contributed by atoms with Crippen LogP contribution in [-0.4, -0.2) is 5.11 Å². The van der Waals surface area contributed by atoms with E-state index in [4.69, 9.17) is 0 Å². The van der Waals surface area contributed by atoms with Crippen molar-refractivity contribution in [3.05, 3.63) is 107 Å². The van der Waals surface area contributed by atoms with E-state index >= 15 is 0 Å². The zero-order valence-corrected chi connectivity index (χ0v) is 12.1. The molecule has 0 heterocycles. The molecule has 0 bridgehead atoms. The highest BCUT2D eigenvalue weighted by molar-refractivity contribution is 5.38. The summed E-state index contributed by atoms with van der Waals surface area (Å²) in [6.45, 7) is 0. The van der Waals surface area contributed by atoms with Crippen molar-refractivity contribution in [2.24, 2.45) is 0 Å². The smallest absolute Gasteiger partial charge is 0.123 e. The van der Waals surface area contributed by atoms with Gasteiger partial charge < -0.3 is 5.11 Å². The fourth-order valence-corrected chi connectivity index (χ4v) is 2.70. The van der Waals surface area contributed by atoms with E-state index in [1.807, 2.05) is 60.7 Å². The standard InChI is InChI=1S/C20H17FO/c21-19-13-11-16(12-14-19)15-20(22,17-7-3-1-4-8-17)18-9-5-2-6-10-18/h1-14,22H,15H2. The van der Waals surface area contributed by atoms with Crippen LogP contribution in [0.5, 0.6) is 0 Å². The third-order valence-electron chi connectivity index (χ3n) is 3.88. The Morgan fingerprint density at radius 2 is 1.14 bits per heavy atom. The molecule has 0 amide bonds. The molecule has 0 radical (unpaired) electrons. The Kier molecular flexibility index (Phi) is 4.03. The minimum atomic E-state index is -1.14. The molecule has 3 aromatic carbocycles. The summed E-state index contributed by atoms with van der Waals surface area (Å²) in [5.74, 6) is -0.272. The number of hydrogen-bond acceptors (Lipinski definition) is 1. The van der Waals surface area contributed by atoms with Crippen molar-refractivity contribution in [1.82, 2.24) is 0 Å². The molecule has 0 spiro atoms. The van der Waals surface area contributed by atoms with Crippen molar-refractivity contribution < 1.29 is 9.50 Å². The van der Waals surface area contributed by atoms with Gasteiger partial charge in [0.05, 0.1) is 0 Å². The number of halogens is 1. The number of rotatable bonds is 4. The normalized spacial score (nSPS) is 11.4. The number of hydrogen-bond donors (Lipinski definition) is 1. The van der Waals surface area contributed by atoms with E-state index in [9.17, 15) is 9.50 Å². The first-order valence-corrected chi connectivity index (χ1v) is 7.26. The van der Waals surface area contributed by atoms with Gasteiger partial charge in [0.2, 0.25) is 0 Å². The van der Waals surface area contributed by atoms with E-state index in [0.717, 1.165) is 16.7 Å². The molecule has 22 heavy (non-hydrogen) atoms. The highest BCUT2D eigenvalue weighted by Crippen LogP contribution is 2.33. The Bertz CT molecular complexity index is 681. The molecule has 0 aliphatic rings. The van der Waals surface area contributed by atoms with Crippen LogP contribution in [0.25, 0.3) is 0 Å². The van der Waals surface area contributed by atoms with Crippen molar-refractivity contribution in [3.8, 4) is 0 Å². The quantitative estimate of drug-likeness (QED) is 0.760. The van der Waals surface area contributed by atoms with Crippen LogP contribution in [0.1, 0.15) is 16.7 Å².